The van der Waals surface area contributed by atoms with Crippen LogP contribution in [-0.4, -0.2) is 43.2 Å². The Kier molecular flexibility index (Phi) is 3.20. The van der Waals surface area contributed by atoms with E-state index < -0.39 is 5.91 Å². The van der Waals surface area contributed by atoms with E-state index in [-0.39, 0.29) is 11.9 Å². The van der Waals surface area contributed by atoms with Gasteiger partial charge in [-0.3, -0.25) is 19.4 Å². The first-order chi connectivity index (χ1) is 10.1. The number of likely N-dealkylation sites (tertiary alicyclic amines) is 1. The number of hydrogen-bond acceptors (Lipinski definition) is 4. The van der Waals surface area contributed by atoms with Crippen LogP contribution in [-0.2, 0) is 7.05 Å². The third-order valence-electron chi connectivity index (χ3n) is 3.73. The van der Waals surface area contributed by atoms with Crippen LogP contribution in [0.5, 0.6) is 0 Å². The molecule has 0 bridgehead atoms. The van der Waals surface area contributed by atoms with E-state index in [9.17, 15) is 9.59 Å². The van der Waals surface area contributed by atoms with Crippen LogP contribution in [0.15, 0.2) is 18.6 Å². The number of hydrogen-bond donors (Lipinski definition) is 2. The second kappa shape index (κ2) is 5.04. The van der Waals surface area contributed by atoms with Crippen molar-refractivity contribution < 1.29 is 9.59 Å². The Morgan fingerprint density at radius 1 is 1.43 bits per heavy atom. The van der Waals surface area contributed by atoms with E-state index >= 15 is 0 Å². The molecule has 8 nitrogen and oxygen atoms in total. The Bertz CT molecular complexity index is 688. The molecule has 2 aromatic heterocycles. The van der Waals surface area contributed by atoms with Gasteiger partial charge in [-0.05, 0) is 12.8 Å². The average molecular weight is 288 g/mol. The van der Waals surface area contributed by atoms with Crippen LogP contribution in [0.2, 0.25) is 0 Å². The van der Waals surface area contributed by atoms with Crippen LogP contribution < -0.4 is 5.73 Å². The largest absolute Gasteiger partial charge is 0.365 e. The molecule has 0 radical (unpaired) electrons. The van der Waals surface area contributed by atoms with Crippen molar-refractivity contribution >= 4 is 11.8 Å². The lowest BCUT2D eigenvalue weighted by atomic mass is 10.1. The minimum absolute atomic E-state index is 0.101. The molecule has 0 saturated carbocycles. The summed E-state index contributed by atoms with van der Waals surface area (Å²) in [5.74, 6) is -0.643. The smallest absolute Gasteiger partial charge is 0.257 e. The molecule has 1 aliphatic rings. The molecule has 2 aromatic rings. The van der Waals surface area contributed by atoms with Gasteiger partial charge in [0.1, 0.15) is 0 Å². The quantitative estimate of drug-likeness (QED) is 0.841. The average Bonchev–Trinajstić information content (AvgIpc) is 3.16. The van der Waals surface area contributed by atoms with E-state index in [1.807, 2.05) is 0 Å². The molecule has 1 fully saturated rings. The maximum absolute atomic E-state index is 12.6. The standard InChI is InChI=1S/C13H16N6O2/c1-18-7-8(5-16-18)13(21)19-4-2-3-10(19)11-9(12(14)20)6-15-17-11/h5-7,10H,2-4H2,1H3,(H2,14,20)(H,15,17)/t10-/m1/s1. The van der Waals surface area contributed by atoms with Crippen molar-refractivity contribution in [2.24, 2.45) is 12.8 Å². The lowest BCUT2D eigenvalue weighted by molar-refractivity contribution is 0.0730. The van der Waals surface area contributed by atoms with Crippen molar-refractivity contribution in [2.75, 3.05) is 6.54 Å². The van der Waals surface area contributed by atoms with Crippen LogP contribution in [0.3, 0.4) is 0 Å². The van der Waals surface area contributed by atoms with Gasteiger partial charge in [0.2, 0.25) is 0 Å². The summed E-state index contributed by atoms with van der Waals surface area (Å²) in [4.78, 5) is 25.7. The highest BCUT2D eigenvalue weighted by Crippen LogP contribution is 2.33. The van der Waals surface area contributed by atoms with Gasteiger partial charge in [0, 0.05) is 19.8 Å². The second-order valence-corrected chi connectivity index (χ2v) is 5.12. The molecular formula is C13H16N6O2. The first-order valence-electron chi connectivity index (χ1n) is 6.70. The van der Waals surface area contributed by atoms with Gasteiger partial charge in [0.05, 0.1) is 35.3 Å². The number of rotatable bonds is 3. The maximum Gasteiger partial charge on any atom is 0.257 e. The van der Waals surface area contributed by atoms with Gasteiger partial charge in [-0.25, -0.2) is 0 Å². The van der Waals surface area contributed by atoms with E-state index in [2.05, 4.69) is 15.3 Å². The van der Waals surface area contributed by atoms with Gasteiger partial charge in [-0.1, -0.05) is 0 Å². The van der Waals surface area contributed by atoms with Crippen molar-refractivity contribution in [3.63, 3.8) is 0 Å². The Labute approximate surface area is 120 Å². The number of carbonyl (C=O) groups excluding carboxylic acids is 2. The van der Waals surface area contributed by atoms with Crippen LogP contribution in [0.1, 0.15) is 45.3 Å². The molecule has 0 aromatic carbocycles. The number of primary amides is 1. The Morgan fingerprint density at radius 3 is 2.90 bits per heavy atom. The van der Waals surface area contributed by atoms with Crippen LogP contribution in [0.4, 0.5) is 0 Å². The lowest BCUT2D eigenvalue weighted by Gasteiger charge is -2.23. The third kappa shape index (κ3) is 2.28. The predicted octanol–water partition coefficient (Wildman–Crippen LogP) is 0.219. The fraction of sp³-hybridized carbons (Fsp3) is 0.385. The second-order valence-electron chi connectivity index (χ2n) is 5.12. The van der Waals surface area contributed by atoms with Crippen molar-refractivity contribution in [2.45, 2.75) is 18.9 Å². The number of aromatic amines is 1. The molecule has 3 heterocycles. The van der Waals surface area contributed by atoms with E-state index in [0.29, 0.717) is 23.4 Å². The van der Waals surface area contributed by atoms with E-state index in [0.717, 1.165) is 12.8 Å². The highest BCUT2D eigenvalue weighted by molar-refractivity contribution is 5.96. The molecule has 1 atom stereocenters. The summed E-state index contributed by atoms with van der Waals surface area (Å²) in [7, 11) is 1.76. The molecule has 2 amide bonds. The monoisotopic (exact) mass is 288 g/mol. The normalized spacial score (nSPS) is 18.1. The number of H-pyrrole nitrogens is 1. The number of nitrogens with one attached hydrogen (secondary N) is 1. The molecule has 110 valence electrons. The summed E-state index contributed by atoms with van der Waals surface area (Å²) in [6.07, 6.45) is 6.27. The summed E-state index contributed by atoms with van der Waals surface area (Å²) in [5.41, 5.74) is 6.83. The SMILES string of the molecule is Cn1cc(C(=O)N2CCC[C@@H]2c2[nH]ncc2C(N)=O)cn1. The van der Waals surface area contributed by atoms with Crippen molar-refractivity contribution in [3.8, 4) is 0 Å². The summed E-state index contributed by atoms with van der Waals surface area (Å²) in [5, 5.41) is 10.7. The van der Waals surface area contributed by atoms with Crippen LogP contribution in [0.25, 0.3) is 0 Å². The molecule has 21 heavy (non-hydrogen) atoms. The molecular weight excluding hydrogens is 272 g/mol. The maximum atomic E-state index is 12.6. The number of aryl methyl sites for hydroxylation is 1. The van der Waals surface area contributed by atoms with E-state index in [4.69, 9.17) is 5.73 Å². The minimum atomic E-state index is -0.542. The van der Waals surface area contributed by atoms with Crippen molar-refractivity contribution in [1.82, 2.24) is 24.9 Å². The fourth-order valence-corrected chi connectivity index (χ4v) is 2.75. The molecule has 0 aliphatic carbocycles. The number of amides is 2. The zero-order chi connectivity index (χ0) is 15.0. The molecule has 3 rings (SSSR count). The number of aromatic nitrogens is 4. The number of carbonyl (C=O) groups is 2. The van der Waals surface area contributed by atoms with Gasteiger partial charge < -0.3 is 10.6 Å². The van der Waals surface area contributed by atoms with Gasteiger partial charge in [-0.15, -0.1) is 0 Å². The van der Waals surface area contributed by atoms with Crippen molar-refractivity contribution in [1.29, 1.82) is 0 Å². The van der Waals surface area contributed by atoms with Crippen molar-refractivity contribution in [3.05, 3.63) is 35.4 Å². The Morgan fingerprint density at radius 2 is 2.24 bits per heavy atom. The van der Waals surface area contributed by atoms with Gasteiger partial charge in [-0.2, -0.15) is 10.2 Å². The topological polar surface area (TPSA) is 110 Å². The Balaban J connectivity index is 1.90. The van der Waals surface area contributed by atoms with Crippen LogP contribution >= 0.6 is 0 Å². The predicted molar refractivity (Wildman–Crippen MR) is 73.3 cm³/mol. The summed E-state index contributed by atoms with van der Waals surface area (Å²) >= 11 is 0. The van der Waals surface area contributed by atoms with Gasteiger partial charge in [0.25, 0.3) is 11.8 Å². The lowest BCUT2D eigenvalue weighted by Crippen LogP contribution is -2.31. The molecule has 1 saturated heterocycles. The zero-order valence-electron chi connectivity index (χ0n) is 11.6. The molecule has 0 spiro atoms. The fourth-order valence-electron chi connectivity index (χ4n) is 2.75. The summed E-state index contributed by atoms with van der Waals surface area (Å²) in [6.45, 7) is 0.635. The van der Waals surface area contributed by atoms with Crippen LogP contribution in [0, 0.1) is 0 Å². The summed E-state index contributed by atoms with van der Waals surface area (Å²) in [6, 6.07) is -0.206. The first-order valence-corrected chi connectivity index (χ1v) is 6.70. The minimum Gasteiger partial charge on any atom is -0.365 e. The highest BCUT2D eigenvalue weighted by atomic mass is 16.2. The summed E-state index contributed by atoms with van der Waals surface area (Å²) < 4.78 is 1.59. The molecule has 8 heteroatoms. The highest BCUT2D eigenvalue weighted by Gasteiger charge is 2.34. The molecule has 0 unspecified atom stereocenters. The van der Waals surface area contributed by atoms with E-state index in [1.54, 1.807) is 29.0 Å². The first kappa shape index (κ1) is 13.3. The Hall–Kier alpha value is -2.64. The van der Waals surface area contributed by atoms with E-state index in [1.165, 1.54) is 6.20 Å². The third-order valence-corrected chi connectivity index (χ3v) is 3.73. The zero-order valence-corrected chi connectivity index (χ0v) is 11.6. The number of nitrogens with two attached hydrogens (primary N) is 1. The molecule has 1 aliphatic heterocycles. The van der Waals surface area contributed by atoms with Gasteiger partial charge in [0.15, 0.2) is 0 Å². The molecule has 3 N–H and O–H groups in total. The number of nitrogens with zero attached hydrogens (tertiary/aromatic N) is 4. The van der Waals surface area contributed by atoms with Gasteiger partial charge >= 0.3 is 0 Å².